The van der Waals surface area contributed by atoms with Crippen LogP contribution < -0.4 is 15.5 Å². The van der Waals surface area contributed by atoms with Crippen LogP contribution in [0.3, 0.4) is 0 Å². The van der Waals surface area contributed by atoms with Gasteiger partial charge in [0.25, 0.3) is 0 Å². The van der Waals surface area contributed by atoms with E-state index in [1.54, 1.807) is 12.4 Å². The van der Waals surface area contributed by atoms with Gasteiger partial charge in [-0.25, -0.2) is 9.97 Å². The van der Waals surface area contributed by atoms with Crippen LogP contribution in [0.1, 0.15) is 67.8 Å². The molecule has 1 saturated carbocycles. The minimum Gasteiger partial charge on any atom is -0.331 e. The predicted molar refractivity (Wildman–Crippen MR) is 125 cm³/mol. The van der Waals surface area contributed by atoms with Crippen LogP contribution in [0.15, 0.2) is 18.5 Å². The quantitative estimate of drug-likeness (QED) is 0.456. The number of fused-ring (bicyclic) bond motifs is 1. The summed E-state index contributed by atoms with van der Waals surface area (Å²) in [7, 11) is 0. The normalized spacial score (nSPS) is 20.4. The summed E-state index contributed by atoms with van der Waals surface area (Å²) in [5.74, 6) is 3.17. The zero-order valence-corrected chi connectivity index (χ0v) is 18.6. The molecule has 33 heavy (non-hydrogen) atoms. The van der Waals surface area contributed by atoms with E-state index in [0.717, 1.165) is 56.0 Å². The lowest BCUT2D eigenvalue weighted by molar-refractivity contribution is -0.117. The Balaban J connectivity index is 1.25. The van der Waals surface area contributed by atoms with Crippen LogP contribution in [0, 0.1) is 0 Å². The van der Waals surface area contributed by atoms with E-state index in [4.69, 9.17) is 9.97 Å². The number of carbonyl (C=O) groups excluding carboxylic acids is 1. The van der Waals surface area contributed by atoms with Crippen molar-refractivity contribution in [1.82, 2.24) is 30.1 Å². The van der Waals surface area contributed by atoms with Gasteiger partial charge in [0.05, 0.1) is 5.69 Å². The standard InChI is InChI=1S/C23H29N9O/c33-21(29-22-24-10-11-25-22)18-9-4-12-32(18)23-26-16-8-3-7-15(16)20(28-23)27-19-13-17(30-31-19)14-5-1-2-6-14/h10-11,13-14,18H,1-9,12H2,(H2,24,25,29,33)(H2,26,27,28,30,31). The van der Waals surface area contributed by atoms with Gasteiger partial charge in [-0.3, -0.25) is 15.2 Å². The fourth-order valence-electron chi connectivity index (χ4n) is 5.43. The number of hydrogen-bond donors (Lipinski definition) is 4. The summed E-state index contributed by atoms with van der Waals surface area (Å²) < 4.78 is 0. The molecule has 6 rings (SSSR count). The average molecular weight is 448 g/mol. The Kier molecular flexibility index (Phi) is 5.20. The highest BCUT2D eigenvalue weighted by molar-refractivity contribution is 5.95. The van der Waals surface area contributed by atoms with Crippen molar-refractivity contribution < 1.29 is 4.79 Å². The van der Waals surface area contributed by atoms with E-state index in [0.29, 0.717) is 17.8 Å². The number of nitrogens with one attached hydrogen (secondary N) is 4. The Morgan fingerprint density at radius 1 is 1.09 bits per heavy atom. The second-order valence-electron chi connectivity index (χ2n) is 9.24. The highest BCUT2D eigenvalue weighted by Gasteiger charge is 2.34. The molecule has 3 aromatic heterocycles. The van der Waals surface area contributed by atoms with E-state index in [9.17, 15) is 4.79 Å². The van der Waals surface area contributed by atoms with Crippen LogP contribution in [0.2, 0.25) is 0 Å². The molecular weight excluding hydrogens is 418 g/mol. The maximum Gasteiger partial charge on any atom is 0.249 e. The zero-order valence-electron chi connectivity index (χ0n) is 18.6. The van der Waals surface area contributed by atoms with Gasteiger partial charge in [0, 0.05) is 42.2 Å². The molecule has 4 heterocycles. The molecule has 1 unspecified atom stereocenters. The third-order valence-corrected chi connectivity index (χ3v) is 7.11. The number of H-pyrrole nitrogens is 2. The zero-order chi connectivity index (χ0) is 22.2. The van der Waals surface area contributed by atoms with E-state index < -0.39 is 0 Å². The van der Waals surface area contributed by atoms with Gasteiger partial charge in [0.15, 0.2) is 5.82 Å². The van der Waals surface area contributed by atoms with E-state index in [-0.39, 0.29) is 11.9 Å². The molecule has 1 saturated heterocycles. The second kappa shape index (κ2) is 8.49. The molecule has 1 aliphatic heterocycles. The molecule has 1 amide bonds. The summed E-state index contributed by atoms with van der Waals surface area (Å²) in [4.78, 5) is 31.8. The first kappa shape index (κ1) is 20.2. The van der Waals surface area contributed by atoms with Crippen molar-refractivity contribution in [3.8, 4) is 0 Å². The van der Waals surface area contributed by atoms with Crippen LogP contribution in [0.4, 0.5) is 23.5 Å². The maximum atomic E-state index is 12.9. The van der Waals surface area contributed by atoms with E-state index in [1.807, 2.05) is 4.90 Å². The van der Waals surface area contributed by atoms with Crippen LogP contribution in [-0.4, -0.2) is 48.6 Å². The lowest BCUT2D eigenvalue weighted by Crippen LogP contribution is -2.41. The van der Waals surface area contributed by atoms with Crippen molar-refractivity contribution in [1.29, 1.82) is 0 Å². The summed E-state index contributed by atoms with van der Waals surface area (Å²) in [5, 5.41) is 14.1. The molecule has 10 heteroatoms. The molecule has 0 spiro atoms. The number of aromatic nitrogens is 6. The van der Waals surface area contributed by atoms with Gasteiger partial charge < -0.3 is 15.2 Å². The van der Waals surface area contributed by atoms with Gasteiger partial charge in [-0.05, 0) is 44.9 Å². The molecule has 1 atom stereocenters. The van der Waals surface area contributed by atoms with Crippen LogP contribution in [0.25, 0.3) is 0 Å². The summed E-state index contributed by atoms with van der Waals surface area (Å²) in [6, 6.07) is 1.80. The van der Waals surface area contributed by atoms with Gasteiger partial charge in [-0.1, -0.05) is 12.8 Å². The van der Waals surface area contributed by atoms with Gasteiger partial charge >= 0.3 is 0 Å². The highest BCUT2D eigenvalue weighted by atomic mass is 16.2. The molecule has 4 N–H and O–H groups in total. The summed E-state index contributed by atoms with van der Waals surface area (Å²) in [6.07, 6.45) is 13.0. The van der Waals surface area contributed by atoms with Gasteiger partial charge in [-0.2, -0.15) is 10.1 Å². The molecule has 3 aromatic rings. The Morgan fingerprint density at radius 3 is 2.85 bits per heavy atom. The second-order valence-corrected chi connectivity index (χ2v) is 9.24. The Morgan fingerprint density at radius 2 is 2.00 bits per heavy atom. The Labute approximate surface area is 192 Å². The number of hydrogen-bond acceptors (Lipinski definition) is 7. The lowest BCUT2D eigenvalue weighted by Gasteiger charge is -2.24. The fourth-order valence-corrected chi connectivity index (χ4v) is 5.43. The molecule has 10 nitrogen and oxygen atoms in total. The number of amides is 1. The van der Waals surface area contributed by atoms with Crippen LogP contribution in [-0.2, 0) is 17.6 Å². The largest absolute Gasteiger partial charge is 0.331 e. The van der Waals surface area contributed by atoms with Gasteiger partial charge in [-0.15, -0.1) is 0 Å². The molecule has 0 aromatic carbocycles. The van der Waals surface area contributed by atoms with Crippen LogP contribution >= 0.6 is 0 Å². The number of aryl methyl sites for hydroxylation is 1. The van der Waals surface area contributed by atoms with Gasteiger partial charge in [0.2, 0.25) is 17.8 Å². The van der Waals surface area contributed by atoms with Crippen molar-refractivity contribution in [2.45, 2.75) is 69.7 Å². The molecule has 0 radical (unpaired) electrons. The van der Waals surface area contributed by atoms with Crippen molar-refractivity contribution in [3.05, 3.63) is 35.4 Å². The van der Waals surface area contributed by atoms with E-state index >= 15 is 0 Å². The molecule has 2 aliphatic carbocycles. The summed E-state index contributed by atoms with van der Waals surface area (Å²) in [5.41, 5.74) is 3.45. The number of carbonyl (C=O) groups is 1. The van der Waals surface area contributed by atoms with Gasteiger partial charge in [0.1, 0.15) is 11.9 Å². The molecule has 2 fully saturated rings. The SMILES string of the molecule is O=C(Nc1ncc[nH]1)C1CCCN1c1nc2c(c(Nc3cc(C4CCCC4)[nH]n3)n1)CCC2. The average Bonchev–Trinajstić information content (AvgIpc) is 3.64. The first-order valence-corrected chi connectivity index (χ1v) is 12.0. The number of anilines is 4. The third kappa shape index (κ3) is 3.94. The van der Waals surface area contributed by atoms with Crippen LogP contribution in [0.5, 0.6) is 0 Å². The van der Waals surface area contributed by atoms with Crippen molar-refractivity contribution in [3.63, 3.8) is 0 Å². The third-order valence-electron chi connectivity index (χ3n) is 7.11. The number of aromatic amines is 2. The monoisotopic (exact) mass is 447 g/mol. The van der Waals surface area contributed by atoms with Crippen molar-refractivity contribution >= 4 is 29.4 Å². The van der Waals surface area contributed by atoms with Crippen molar-refractivity contribution in [2.24, 2.45) is 0 Å². The smallest absolute Gasteiger partial charge is 0.249 e. The minimum absolute atomic E-state index is 0.0884. The molecule has 0 bridgehead atoms. The summed E-state index contributed by atoms with van der Waals surface area (Å²) >= 11 is 0. The topological polar surface area (TPSA) is 128 Å². The van der Waals surface area contributed by atoms with E-state index in [2.05, 4.69) is 36.9 Å². The molecular formula is C23H29N9O. The fraction of sp³-hybridized carbons (Fsp3) is 0.522. The first-order chi connectivity index (χ1) is 16.2. The molecule has 172 valence electrons. The molecule has 3 aliphatic rings. The minimum atomic E-state index is -0.318. The number of imidazole rings is 1. The first-order valence-electron chi connectivity index (χ1n) is 12.0. The Hall–Kier alpha value is -3.43. The maximum absolute atomic E-state index is 12.9. The predicted octanol–water partition coefficient (Wildman–Crippen LogP) is 3.42. The number of nitrogens with zero attached hydrogens (tertiary/aromatic N) is 5. The summed E-state index contributed by atoms with van der Waals surface area (Å²) in [6.45, 7) is 0.753. The number of rotatable bonds is 6. The van der Waals surface area contributed by atoms with Crippen molar-refractivity contribution in [2.75, 3.05) is 22.1 Å². The Bertz CT molecular complexity index is 1130. The highest BCUT2D eigenvalue weighted by Crippen LogP contribution is 2.35. The lowest BCUT2D eigenvalue weighted by atomic mass is 10.0. The van der Waals surface area contributed by atoms with E-state index in [1.165, 1.54) is 36.9 Å².